The number of nitrogens with one attached hydrogen (secondary N) is 1. The number of carbonyl (C=O) groups excluding carboxylic acids is 2. The molecule has 0 radical (unpaired) electrons. The van der Waals surface area contributed by atoms with Gasteiger partial charge in [-0.3, -0.25) is 9.59 Å². The molecule has 6 nitrogen and oxygen atoms in total. The minimum absolute atomic E-state index is 0.222. The maximum atomic E-state index is 11.9. The molecule has 116 valence electrons. The van der Waals surface area contributed by atoms with E-state index < -0.39 is 18.5 Å². The number of para-hydroxylation sites is 1. The van der Waals surface area contributed by atoms with Crippen LogP contribution in [-0.2, 0) is 9.53 Å². The molecule has 0 aliphatic heterocycles. The van der Waals surface area contributed by atoms with Crippen LogP contribution in [0.25, 0.3) is 11.0 Å². The molecule has 6 heteroatoms. The number of benzene rings is 1. The third-order valence-corrected chi connectivity index (χ3v) is 2.88. The number of hydrogen-bond donors (Lipinski definition) is 1. The molecule has 0 saturated heterocycles. The van der Waals surface area contributed by atoms with Crippen LogP contribution < -0.4 is 10.7 Å². The molecule has 1 aromatic heterocycles. The highest BCUT2D eigenvalue weighted by Gasteiger charge is 2.15. The molecule has 0 unspecified atom stereocenters. The third kappa shape index (κ3) is 3.94. The molecule has 22 heavy (non-hydrogen) atoms. The Hall–Kier alpha value is -2.63. The minimum Gasteiger partial charge on any atom is -0.450 e. The van der Waals surface area contributed by atoms with Crippen molar-refractivity contribution in [2.45, 2.75) is 13.8 Å². The first-order valence-electron chi connectivity index (χ1n) is 6.94. The van der Waals surface area contributed by atoms with Crippen molar-refractivity contribution in [1.29, 1.82) is 0 Å². The van der Waals surface area contributed by atoms with Crippen LogP contribution in [0.5, 0.6) is 0 Å². The van der Waals surface area contributed by atoms with Gasteiger partial charge >= 0.3 is 5.97 Å². The zero-order chi connectivity index (χ0) is 16.1. The van der Waals surface area contributed by atoms with Crippen molar-refractivity contribution in [3.05, 3.63) is 46.3 Å². The molecule has 2 aromatic rings. The van der Waals surface area contributed by atoms with Gasteiger partial charge in [0.15, 0.2) is 12.0 Å². The normalized spacial score (nSPS) is 10.7. The summed E-state index contributed by atoms with van der Waals surface area (Å²) in [5.41, 5.74) is -0.0377. The fourth-order valence-electron chi connectivity index (χ4n) is 1.78. The summed E-state index contributed by atoms with van der Waals surface area (Å²) in [5.74, 6) is -1.16. The summed E-state index contributed by atoms with van der Waals surface area (Å²) < 4.78 is 10.2. The fraction of sp³-hybridized carbons (Fsp3) is 0.312. The summed E-state index contributed by atoms with van der Waals surface area (Å²) in [6.07, 6.45) is 0. The highest BCUT2D eigenvalue weighted by atomic mass is 16.5. The van der Waals surface area contributed by atoms with Crippen LogP contribution in [0.2, 0.25) is 0 Å². The minimum atomic E-state index is -0.845. The van der Waals surface area contributed by atoms with Gasteiger partial charge in [0.25, 0.3) is 5.91 Å². The number of fused-ring (bicyclic) bond motifs is 1. The summed E-state index contributed by atoms with van der Waals surface area (Å²) in [6, 6.07) is 7.66. The monoisotopic (exact) mass is 303 g/mol. The Morgan fingerprint density at radius 2 is 2.00 bits per heavy atom. The first kappa shape index (κ1) is 15.8. The molecule has 0 fully saturated rings. The van der Waals surface area contributed by atoms with Gasteiger partial charge in [-0.25, -0.2) is 4.79 Å². The molecule has 0 aliphatic carbocycles. The van der Waals surface area contributed by atoms with Crippen molar-refractivity contribution in [2.75, 3.05) is 13.2 Å². The molecule has 0 saturated carbocycles. The Labute approximate surface area is 127 Å². The van der Waals surface area contributed by atoms with Crippen molar-refractivity contribution in [1.82, 2.24) is 5.32 Å². The van der Waals surface area contributed by atoms with E-state index in [1.54, 1.807) is 24.3 Å². The van der Waals surface area contributed by atoms with Crippen LogP contribution in [0.1, 0.15) is 24.4 Å². The average Bonchev–Trinajstić information content (AvgIpc) is 2.50. The number of ether oxygens (including phenoxy) is 1. The lowest BCUT2D eigenvalue weighted by Gasteiger charge is -2.08. The lowest BCUT2D eigenvalue weighted by Crippen LogP contribution is -2.31. The molecule has 0 atom stereocenters. The Kier molecular flexibility index (Phi) is 4.93. The average molecular weight is 303 g/mol. The van der Waals surface area contributed by atoms with Crippen LogP contribution in [0.3, 0.4) is 0 Å². The number of carbonyl (C=O) groups is 2. The topological polar surface area (TPSA) is 85.6 Å². The second-order valence-corrected chi connectivity index (χ2v) is 5.25. The summed E-state index contributed by atoms with van der Waals surface area (Å²) in [7, 11) is 0. The van der Waals surface area contributed by atoms with E-state index in [-0.39, 0.29) is 11.2 Å². The quantitative estimate of drug-likeness (QED) is 0.850. The maximum Gasteiger partial charge on any atom is 0.374 e. The number of rotatable bonds is 5. The smallest absolute Gasteiger partial charge is 0.374 e. The number of esters is 1. The van der Waals surface area contributed by atoms with E-state index in [0.29, 0.717) is 23.4 Å². The molecule has 1 heterocycles. The van der Waals surface area contributed by atoms with E-state index in [1.807, 2.05) is 13.8 Å². The first-order chi connectivity index (χ1) is 10.5. The van der Waals surface area contributed by atoms with Crippen LogP contribution in [0.4, 0.5) is 0 Å². The lowest BCUT2D eigenvalue weighted by atomic mass is 10.2. The van der Waals surface area contributed by atoms with Crippen LogP contribution in [0.15, 0.2) is 39.5 Å². The van der Waals surface area contributed by atoms with E-state index in [4.69, 9.17) is 9.15 Å². The van der Waals surface area contributed by atoms with Gasteiger partial charge in [-0.2, -0.15) is 0 Å². The zero-order valence-electron chi connectivity index (χ0n) is 12.4. The largest absolute Gasteiger partial charge is 0.450 e. The van der Waals surface area contributed by atoms with Gasteiger partial charge in [-0.15, -0.1) is 0 Å². The van der Waals surface area contributed by atoms with Crippen LogP contribution in [0, 0.1) is 5.92 Å². The van der Waals surface area contributed by atoms with Gasteiger partial charge in [-0.1, -0.05) is 26.0 Å². The second kappa shape index (κ2) is 6.89. The van der Waals surface area contributed by atoms with Gasteiger partial charge in [0.2, 0.25) is 5.76 Å². The molecule has 1 amide bonds. The molecule has 1 N–H and O–H groups in total. The Bertz CT molecular complexity index is 748. The van der Waals surface area contributed by atoms with Gasteiger partial charge in [-0.05, 0) is 18.1 Å². The van der Waals surface area contributed by atoms with Crippen molar-refractivity contribution in [3.63, 3.8) is 0 Å². The number of amides is 1. The summed E-state index contributed by atoms with van der Waals surface area (Å²) in [4.78, 5) is 35.2. The molecule has 2 rings (SSSR count). The molecule has 0 bridgehead atoms. The van der Waals surface area contributed by atoms with Crippen molar-refractivity contribution in [3.8, 4) is 0 Å². The third-order valence-electron chi connectivity index (χ3n) is 2.88. The summed E-state index contributed by atoms with van der Waals surface area (Å²) in [5, 5.41) is 3.00. The standard InChI is InChI=1S/C16H17NO5/c1-10(2)8-17-15(19)9-21-16(20)14-7-12(18)11-5-3-4-6-13(11)22-14/h3-7,10H,8-9H2,1-2H3,(H,17,19). The molecular formula is C16H17NO5. The molecular weight excluding hydrogens is 286 g/mol. The predicted molar refractivity (Wildman–Crippen MR) is 80.6 cm³/mol. The second-order valence-electron chi connectivity index (χ2n) is 5.25. The highest BCUT2D eigenvalue weighted by Crippen LogP contribution is 2.12. The van der Waals surface area contributed by atoms with E-state index >= 15 is 0 Å². The number of hydrogen-bond acceptors (Lipinski definition) is 5. The highest BCUT2D eigenvalue weighted by molar-refractivity contribution is 5.90. The van der Waals surface area contributed by atoms with Gasteiger partial charge in [0.05, 0.1) is 5.39 Å². The SMILES string of the molecule is CC(C)CNC(=O)COC(=O)c1cc(=O)c2ccccc2o1. The van der Waals surface area contributed by atoms with Crippen molar-refractivity contribution < 1.29 is 18.7 Å². The lowest BCUT2D eigenvalue weighted by molar-refractivity contribution is -0.124. The predicted octanol–water partition coefficient (Wildman–Crippen LogP) is 1.72. The Balaban J connectivity index is 2.04. The van der Waals surface area contributed by atoms with Gasteiger partial charge < -0.3 is 14.5 Å². The van der Waals surface area contributed by atoms with E-state index in [1.165, 1.54) is 0 Å². The van der Waals surface area contributed by atoms with Gasteiger partial charge in [0, 0.05) is 12.6 Å². The van der Waals surface area contributed by atoms with E-state index in [0.717, 1.165) is 6.07 Å². The Morgan fingerprint density at radius 1 is 1.27 bits per heavy atom. The van der Waals surface area contributed by atoms with Crippen molar-refractivity contribution in [2.24, 2.45) is 5.92 Å². The van der Waals surface area contributed by atoms with Gasteiger partial charge in [0.1, 0.15) is 5.58 Å². The fourth-order valence-corrected chi connectivity index (χ4v) is 1.78. The van der Waals surface area contributed by atoms with E-state index in [2.05, 4.69) is 5.32 Å². The first-order valence-corrected chi connectivity index (χ1v) is 6.94. The van der Waals surface area contributed by atoms with Crippen molar-refractivity contribution >= 4 is 22.8 Å². The van der Waals surface area contributed by atoms with Crippen LogP contribution in [-0.4, -0.2) is 25.0 Å². The molecule has 0 aliphatic rings. The van der Waals surface area contributed by atoms with E-state index in [9.17, 15) is 14.4 Å². The molecule has 1 aromatic carbocycles. The summed E-state index contributed by atoms with van der Waals surface area (Å²) in [6.45, 7) is 4.00. The summed E-state index contributed by atoms with van der Waals surface area (Å²) >= 11 is 0. The van der Waals surface area contributed by atoms with Crippen LogP contribution >= 0.6 is 0 Å². The maximum absolute atomic E-state index is 11.9. The zero-order valence-corrected chi connectivity index (χ0v) is 12.4. The molecule has 0 spiro atoms. The Morgan fingerprint density at radius 3 is 2.73 bits per heavy atom.